The number of nitrogens with one attached hydrogen (secondary N) is 1. The highest BCUT2D eigenvalue weighted by atomic mass is 16.6. The van der Waals surface area contributed by atoms with E-state index < -0.39 is 16.9 Å². The van der Waals surface area contributed by atoms with Crippen LogP contribution in [0.5, 0.6) is 11.6 Å². The Bertz CT molecular complexity index is 1220. The number of ether oxygens (including phenoxy) is 1. The van der Waals surface area contributed by atoms with Crippen molar-refractivity contribution in [2.24, 2.45) is 0 Å². The van der Waals surface area contributed by atoms with Crippen LogP contribution >= 0.6 is 0 Å². The second-order valence-electron chi connectivity index (χ2n) is 7.15. The van der Waals surface area contributed by atoms with Gasteiger partial charge in [0.25, 0.3) is 11.6 Å². The summed E-state index contributed by atoms with van der Waals surface area (Å²) in [5.74, 6) is 0.287. The molecule has 1 fully saturated rings. The van der Waals surface area contributed by atoms with Gasteiger partial charge in [-0.2, -0.15) is 0 Å². The average molecular weight is 430 g/mol. The number of amides is 3. The number of benzene rings is 2. The number of urea groups is 1. The molecular weight excluding hydrogens is 412 g/mol. The molecule has 0 unspecified atom stereocenters. The van der Waals surface area contributed by atoms with E-state index in [0.717, 1.165) is 17.3 Å². The lowest BCUT2D eigenvalue weighted by Gasteiger charge is -2.12. The van der Waals surface area contributed by atoms with Gasteiger partial charge in [-0.3, -0.25) is 19.8 Å². The summed E-state index contributed by atoms with van der Waals surface area (Å²) in [6, 6.07) is 16.7. The van der Waals surface area contributed by atoms with Crippen molar-refractivity contribution in [1.82, 2.24) is 15.2 Å². The van der Waals surface area contributed by atoms with Crippen LogP contribution in [0.3, 0.4) is 0 Å². The highest BCUT2D eigenvalue weighted by molar-refractivity contribution is 6.13. The van der Waals surface area contributed by atoms with Crippen LogP contribution in [0, 0.1) is 17.0 Å². The van der Waals surface area contributed by atoms with E-state index in [2.05, 4.69) is 10.3 Å². The Labute approximate surface area is 183 Å². The van der Waals surface area contributed by atoms with E-state index in [4.69, 9.17) is 4.74 Å². The fourth-order valence-corrected chi connectivity index (χ4v) is 3.17. The predicted molar refractivity (Wildman–Crippen MR) is 116 cm³/mol. The van der Waals surface area contributed by atoms with Crippen molar-refractivity contribution in [2.75, 3.05) is 0 Å². The number of carbonyl (C=O) groups is 2. The van der Waals surface area contributed by atoms with Gasteiger partial charge < -0.3 is 10.1 Å². The van der Waals surface area contributed by atoms with Crippen LogP contribution in [0.2, 0.25) is 0 Å². The van der Waals surface area contributed by atoms with E-state index in [0.29, 0.717) is 11.3 Å². The van der Waals surface area contributed by atoms with Gasteiger partial charge in [-0.25, -0.2) is 9.78 Å². The first-order valence-corrected chi connectivity index (χ1v) is 9.67. The summed E-state index contributed by atoms with van der Waals surface area (Å²) < 4.78 is 5.57. The monoisotopic (exact) mass is 430 g/mol. The van der Waals surface area contributed by atoms with Crippen molar-refractivity contribution in [3.8, 4) is 11.6 Å². The molecule has 0 aliphatic carbocycles. The molecule has 9 nitrogen and oxygen atoms in total. The normalized spacial score (nSPS) is 14.5. The molecule has 2 heterocycles. The SMILES string of the molecule is Cc1cccc(CN2C(=O)N/C(=C/c3ccc(Oc4ccc([N+](=O)[O-])cn4)cc3)C2=O)c1. The van der Waals surface area contributed by atoms with Gasteiger partial charge in [-0.15, -0.1) is 0 Å². The van der Waals surface area contributed by atoms with Gasteiger partial charge in [0.05, 0.1) is 11.5 Å². The Morgan fingerprint density at radius 2 is 1.91 bits per heavy atom. The van der Waals surface area contributed by atoms with Gasteiger partial charge in [0, 0.05) is 12.1 Å². The minimum absolute atomic E-state index is 0.126. The number of imide groups is 1. The zero-order valence-corrected chi connectivity index (χ0v) is 17.0. The molecule has 0 bridgehead atoms. The van der Waals surface area contributed by atoms with Gasteiger partial charge >= 0.3 is 6.03 Å². The Balaban J connectivity index is 1.44. The third-order valence-corrected chi connectivity index (χ3v) is 4.73. The summed E-state index contributed by atoms with van der Waals surface area (Å²) in [5.41, 5.74) is 2.68. The molecule has 3 aromatic rings. The van der Waals surface area contributed by atoms with Gasteiger partial charge in [0.15, 0.2) is 0 Å². The standard InChI is InChI=1S/C23H18N4O5/c1-15-3-2-4-17(11-15)14-26-22(28)20(25-23(26)29)12-16-5-8-19(9-6-16)32-21-10-7-18(13-24-21)27(30)31/h2-13H,14H2,1H3,(H,25,29)/b20-12+. The summed E-state index contributed by atoms with van der Waals surface area (Å²) >= 11 is 0. The minimum Gasteiger partial charge on any atom is -0.439 e. The lowest BCUT2D eigenvalue weighted by Crippen LogP contribution is -2.30. The van der Waals surface area contributed by atoms with Crippen molar-refractivity contribution >= 4 is 23.7 Å². The van der Waals surface area contributed by atoms with E-state index in [1.165, 1.54) is 17.0 Å². The molecule has 1 N–H and O–H groups in total. The van der Waals surface area contributed by atoms with Crippen LogP contribution in [-0.4, -0.2) is 26.7 Å². The molecule has 3 amide bonds. The minimum atomic E-state index is -0.538. The lowest BCUT2D eigenvalue weighted by atomic mass is 10.1. The van der Waals surface area contributed by atoms with E-state index >= 15 is 0 Å². The molecule has 32 heavy (non-hydrogen) atoms. The average Bonchev–Trinajstić information content (AvgIpc) is 3.03. The summed E-state index contributed by atoms with van der Waals surface area (Å²) in [6.45, 7) is 2.14. The quantitative estimate of drug-likeness (QED) is 0.271. The van der Waals surface area contributed by atoms with Crippen LogP contribution in [0.1, 0.15) is 16.7 Å². The zero-order valence-electron chi connectivity index (χ0n) is 17.0. The molecule has 4 rings (SSSR count). The molecule has 2 aromatic carbocycles. The second-order valence-corrected chi connectivity index (χ2v) is 7.15. The molecule has 0 saturated carbocycles. The fraction of sp³-hybridized carbons (Fsp3) is 0.0870. The van der Waals surface area contributed by atoms with Crippen LogP contribution in [0.25, 0.3) is 6.08 Å². The molecule has 1 saturated heterocycles. The Kier molecular flexibility index (Phi) is 5.63. The second kappa shape index (κ2) is 8.68. The third kappa shape index (κ3) is 4.62. The maximum Gasteiger partial charge on any atom is 0.329 e. The van der Waals surface area contributed by atoms with Crippen molar-refractivity contribution < 1.29 is 19.2 Å². The molecule has 0 atom stereocenters. The fourth-order valence-electron chi connectivity index (χ4n) is 3.17. The number of hydrogen-bond acceptors (Lipinski definition) is 6. The number of nitro groups is 1. The maximum atomic E-state index is 12.7. The number of aryl methyl sites for hydroxylation is 1. The smallest absolute Gasteiger partial charge is 0.329 e. The van der Waals surface area contributed by atoms with Crippen molar-refractivity contribution in [2.45, 2.75) is 13.5 Å². The van der Waals surface area contributed by atoms with E-state index in [1.54, 1.807) is 30.3 Å². The van der Waals surface area contributed by atoms with Crippen LogP contribution in [-0.2, 0) is 11.3 Å². The van der Waals surface area contributed by atoms with E-state index in [-0.39, 0.29) is 23.8 Å². The van der Waals surface area contributed by atoms with Crippen molar-refractivity contribution in [3.05, 3.63) is 99.4 Å². The van der Waals surface area contributed by atoms with Crippen LogP contribution in [0.4, 0.5) is 10.5 Å². The molecule has 1 aliphatic rings. The third-order valence-electron chi connectivity index (χ3n) is 4.73. The first-order chi connectivity index (χ1) is 15.4. The highest BCUT2D eigenvalue weighted by Gasteiger charge is 2.33. The number of aromatic nitrogens is 1. The molecular formula is C23H18N4O5. The summed E-state index contributed by atoms with van der Waals surface area (Å²) in [4.78, 5) is 40.2. The number of rotatable bonds is 6. The summed E-state index contributed by atoms with van der Waals surface area (Å²) in [7, 11) is 0. The number of pyridine rings is 1. The van der Waals surface area contributed by atoms with Gasteiger partial charge in [-0.05, 0) is 36.3 Å². The highest BCUT2D eigenvalue weighted by Crippen LogP contribution is 2.23. The molecule has 0 radical (unpaired) electrons. The van der Waals surface area contributed by atoms with Gasteiger partial charge in [0.1, 0.15) is 17.6 Å². The lowest BCUT2D eigenvalue weighted by molar-refractivity contribution is -0.385. The van der Waals surface area contributed by atoms with Gasteiger partial charge in [-0.1, -0.05) is 42.0 Å². The van der Waals surface area contributed by atoms with Crippen molar-refractivity contribution in [3.63, 3.8) is 0 Å². The predicted octanol–water partition coefficient (Wildman–Crippen LogP) is 4.18. The summed E-state index contributed by atoms with van der Waals surface area (Å²) in [6.07, 6.45) is 2.70. The van der Waals surface area contributed by atoms with E-state index in [1.807, 2.05) is 31.2 Å². The maximum absolute atomic E-state index is 12.7. The first kappa shape index (κ1) is 20.7. The molecule has 160 valence electrons. The molecule has 1 aliphatic heterocycles. The summed E-state index contributed by atoms with van der Waals surface area (Å²) in [5, 5.41) is 13.3. The number of nitrogens with zero attached hydrogens (tertiary/aromatic N) is 3. The Hall–Kier alpha value is -4.53. The largest absolute Gasteiger partial charge is 0.439 e. The molecule has 9 heteroatoms. The molecule has 0 spiro atoms. The van der Waals surface area contributed by atoms with Crippen molar-refractivity contribution in [1.29, 1.82) is 0 Å². The molecule has 1 aromatic heterocycles. The first-order valence-electron chi connectivity index (χ1n) is 9.67. The van der Waals surface area contributed by atoms with Crippen LogP contribution in [0.15, 0.2) is 72.6 Å². The van der Waals surface area contributed by atoms with Crippen LogP contribution < -0.4 is 10.1 Å². The number of hydrogen-bond donors (Lipinski definition) is 1. The Morgan fingerprint density at radius 3 is 2.56 bits per heavy atom. The van der Waals surface area contributed by atoms with E-state index in [9.17, 15) is 19.7 Å². The topological polar surface area (TPSA) is 115 Å². The number of carbonyl (C=O) groups excluding carboxylic acids is 2. The zero-order chi connectivity index (χ0) is 22.7. The van der Waals surface area contributed by atoms with Gasteiger partial charge in [0.2, 0.25) is 5.88 Å². The Morgan fingerprint density at radius 1 is 1.12 bits per heavy atom.